The summed E-state index contributed by atoms with van der Waals surface area (Å²) in [6.07, 6.45) is 1.58. The van der Waals surface area contributed by atoms with E-state index >= 15 is 0 Å². The third-order valence-electron chi connectivity index (χ3n) is 5.31. The number of carbonyl (C=O) groups is 2. The molecule has 3 aromatic rings. The molecule has 1 amide bonds. The van der Waals surface area contributed by atoms with Crippen molar-refractivity contribution in [2.45, 2.75) is 33.9 Å². The Balaban J connectivity index is 1.72. The van der Waals surface area contributed by atoms with Crippen molar-refractivity contribution in [1.29, 1.82) is 5.26 Å². The van der Waals surface area contributed by atoms with Gasteiger partial charge in [0.05, 0.1) is 38.6 Å². The number of nitriles is 1. The smallest absolute Gasteiger partial charge is 0.341 e. The average molecular weight is 438 g/mol. The number of aromatic nitrogens is 1. The molecule has 1 N–H and O–H groups in total. The topological polar surface area (TPSA) is 114 Å². The van der Waals surface area contributed by atoms with Crippen LogP contribution in [0, 0.1) is 32.1 Å². The second kappa shape index (κ2) is 9.58. The molecule has 0 saturated carbocycles. The summed E-state index contributed by atoms with van der Waals surface area (Å²) in [5.74, 6) is 1.42. The number of esters is 1. The molecular weight excluding hydrogens is 412 g/mol. The van der Waals surface area contributed by atoms with Gasteiger partial charge in [0.25, 0.3) is 0 Å². The number of nitrogens with one attached hydrogen (secondary N) is 1. The summed E-state index contributed by atoms with van der Waals surface area (Å²) in [7, 11) is 3.07. The van der Waals surface area contributed by atoms with Gasteiger partial charge < -0.3 is 23.5 Å². The van der Waals surface area contributed by atoms with Gasteiger partial charge in [-0.05, 0) is 51.6 Å². The highest BCUT2D eigenvalue weighted by atomic mass is 16.5. The summed E-state index contributed by atoms with van der Waals surface area (Å²) in [5, 5.41) is 12.5. The van der Waals surface area contributed by atoms with E-state index in [9.17, 15) is 14.9 Å². The number of hydrogen-bond acceptors (Lipinski definition) is 7. The van der Waals surface area contributed by atoms with E-state index in [1.165, 1.54) is 7.11 Å². The first-order chi connectivity index (χ1) is 15.2. The number of aryl methyl sites for hydroxylation is 1. The number of hydrogen-bond donors (Lipinski definition) is 1. The first kappa shape index (κ1) is 22.9. The van der Waals surface area contributed by atoms with Crippen molar-refractivity contribution in [2.75, 3.05) is 26.0 Å². The standard InChI is InChI=1S/C23H26N4O5/c1-14-15(2)27(12-17-7-6-8-31-17)22(20(14)10-24)25-21(28)13-26(4)11-18-9-19(16(3)32-18)23(29)30-5/h6-9H,11-13H2,1-5H3,(H,25,28). The minimum absolute atomic E-state index is 0.0577. The summed E-state index contributed by atoms with van der Waals surface area (Å²) in [5.41, 5.74) is 2.47. The minimum Gasteiger partial charge on any atom is -0.467 e. The van der Waals surface area contributed by atoms with Crippen molar-refractivity contribution in [3.05, 3.63) is 64.1 Å². The van der Waals surface area contributed by atoms with E-state index < -0.39 is 5.97 Å². The quantitative estimate of drug-likeness (QED) is 0.536. The Bertz CT molecular complexity index is 1160. The van der Waals surface area contributed by atoms with Gasteiger partial charge in [-0.25, -0.2) is 4.79 Å². The highest BCUT2D eigenvalue weighted by Crippen LogP contribution is 2.27. The van der Waals surface area contributed by atoms with Crippen molar-refractivity contribution in [3.63, 3.8) is 0 Å². The van der Waals surface area contributed by atoms with E-state index in [0.29, 0.717) is 41.6 Å². The molecule has 0 aromatic carbocycles. The lowest BCUT2D eigenvalue weighted by atomic mass is 10.2. The molecule has 32 heavy (non-hydrogen) atoms. The molecule has 0 saturated heterocycles. The van der Waals surface area contributed by atoms with Crippen LogP contribution in [0.25, 0.3) is 0 Å². The van der Waals surface area contributed by atoms with Gasteiger partial charge in [-0.3, -0.25) is 9.69 Å². The third-order valence-corrected chi connectivity index (χ3v) is 5.31. The Morgan fingerprint density at radius 3 is 2.66 bits per heavy atom. The highest BCUT2D eigenvalue weighted by Gasteiger charge is 2.22. The van der Waals surface area contributed by atoms with Crippen LogP contribution in [-0.2, 0) is 22.6 Å². The maximum Gasteiger partial charge on any atom is 0.341 e. The fourth-order valence-electron chi connectivity index (χ4n) is 3.56. The first-order valence-corrected chi connectivity index (χ1v) is 10.0. The van der Waals surface area contributed by atoms with Crippen LogP contribution in [0.3, 0.4) is 0 Å². The molecule has 0 fully saturated rings. The summed E-state index contributed by atoms with van der Waals surface area (Å²) < 4.78 is 17.6. The Morgan fingerprint density at radius 2 is 2.03 bits per heavy atom. The molecule has 3 heterocycles. The molecule has 3 aromatic heterocycles. The van der Waals surface area contributed by atoms with Gasteiger partial charge in [0, 0.05) is 5.69 Å². The number of ether oxygens (including phenoxy) is 1. The number of methoxy groups -OCH3 is 1. The van der Waals surface area contributed by atoms with E-state index in [4.69, 9.17) is 13.6 Å². The lowest BCUT2D eigenvalue weighted by Gasteiger charge is -2.16. The van der Waals surface area contributed by atoms with Gasteiger partial charge in [0.15, 0.2) is 0 Å². The zero-order valence-electron chi connectivity index (χ0n) is 18.8. The number of likely N-dealkylation sites (N-methyl/N-ethyl adjacent to an activating group) is 1. The average Bonchev–Trinajstić information content (AvgIpc) is 3.44. The van der Waals surface area contributed by atoms with E-state index in [-0.39, 0.29) is 12.5 Å². The number of amides is 1. The molecule has 9 nitrogen and oxygen atoms in total. The van der Waals surface area contributed by atoms with Gasteiger partial charge >= 0.3 is 5.97 Å². The maximum absolute atomic E-state index is 12.8. The third kappa shape index (κ3) is 4.76. The molecule has 0 atom stereocenters. The number of furan rings is 2. The van der Waals surface area contributed by atoms with Crippen molar-refractivity contribution in [3.8, 4) is 6.07 Å². The molecule has 3 rings (SSSR count). The molecular formula is C23H26N4O5. The van der Waals surface area contributed by atoms with E-state index in [2.05, 4.69) is 11.4 Å². The van der Waals surface area contributed by atoms with E-state index in [1.807, 2.05) is 24.5 Å². The van der Waals surface area contributed by atoms with E-state index in [0.717, 1.165) is 17.0 Å². The van der Waals surface area contributed by atoms with Gasteiger partial charge in [0.1, 0.15) is 34.7 Å². The van der Waals surface area contributed by atoms with Crippen LogP contribution < -0.4 is 5.32 Å². The summed E-state index contributed by atoms with van der Waals surface area (Å²) in [4.78, 5) is 26.3. The SMILES string of the molecule is COC(=O)c1cc(CN(C)CC(=O)Nc2c(C#N)c(C)c(C)n2Cc2ccco2)oc1C. The zero-order valence-corrected chi connectivity index (χ0v) is 18.8. The lowest BCUT2D eigenvalue weighted by Crippen LogP contribution is -2.30. The molecule has 0 bridgehead atoms. The van der Waals surface area contributed by atoms with Crippen LogP contribution >= 0.6 is 0 Å². The predicted molar refractivity (Wildman–Crippen MR) is 116 cm³/mol. The van der Waals surface area contributed by atoms with Gasteiger partial charge in [-0.2, -0.15) is 5.26 Å². The molecule has 0 aliphatic carbocycles. The molecule has 0 spiro atoms. The molecule has 0 aliphatic rings. The predicted octanol–water partition coefficient (Wildman–Crippen LogP) is 3.38. The lowest BCUT2D eigenvalue weighted by molar-refractivity contribution is -0.117. The summed E-state index contributed by atoms with van der Waals surface area (Å²) in [6, 6.07) is 7.44. The fraction of sp³-hybridized carbons (Fsp3) is 0.348. The summed E-state index contributed by atoms with van der Waals surface area (Å²) in [6.45, 7) is 6.22. The second-order valence-corrected chi connectivity index (χ2v) is 7.61. The van der Waals surface area contributed by atoms with Gasteiger partial charge in [0.2, 0.25) is 5.91 Å². The summed E-state index contributed by atoms with van der Waals surface area (Å²) >= 11 is 0. The molecule has 0 aliphatic heterocycles. The van der Waals surface area contributed by atoms with Gasteiger partial charge in [-0.15, -0.1) is 0 Å². The Kier molecular flexibility index (Phi) is 6.85. The van der Waals surface area contributed by atoms with Crippen LogP contribution in [0.5, 0.6) is 0 Å². The van der Waals surface area contributed by atoms with Crippen molar-refractivity contribution >= 4 is 17.7 Å². The van der Waals surface area contributed by atoms with Gasteiger partial charge in [-0.1, -0.05) is 0 Å². The molecule has 0 radical (unpaired) electrons. The van der Waals surface area contributed by atoms with Crippen LogP contribution in [0.2, 0.25) is 0 Å². The molecule has 0 unspecified atom stereocenters. The number of rotatable bonds is 8. The fourth-order valence-corrected chi connectivity index (χ4v) is 3.56. The maximum atomic E-state index is 12.8. The Hall–Kier alpha value is -3.77. The first-order valence-electron chi connectivity index (χ1n) is 10.0. The van der Waals surface area contributed by atoms with Crippen LogP contribution in [0.4, 0.5) is 5.82 Å². The van der Waals surface area contributed by atoms with Crippen molar-refractivity contribution < 1.29 is 23.2 Å². The highest BCUT2D eigenvalue weighted by molar-refractivity contribution is 5.93. The van der Waals surface area contributed by atoms with Crippen molar-refractivity contribution in [2.24, 2.45) is 0 Å². The van der Waals surface area contributed by atoms with Crippen molar-refractivity contribution in [1.82, 2.24) is 9.47 Å². The number of anilines is 1. The molecule has 168 valence electrons. The molecule has 9 heteroatoms. The zero-order chi connectivity index (χ0) is 23.4. The number of carbonyl (C=O) groups excluding carboxylic acids is 2. The van der Waals surface area contributed by atoms with Crippen LogP contribution in [-0.4, -0.2) is 42.0 Å². The normalized spacial score (nSPS) is 10.9. The Morgan fingerprint density at radius 1 is 1.28 bits per heavy atom. The van der Waals surface area contributed by atoms with Crippen LogP contribution in [0.1, 0.15) is 44.5 Å². The van der Waals surface area contributed by atoms with Crippen LogP contribution in [0.15, 0.2) is 33.3 Å². The number of nitrogens with zero attached hydrogens (tertiary/aromatic N) is 3. The second-order valence-electron chi connectivity index (χ2n) is 7.61. The Labute approximate surface area is 186 Å². The largest absolute Gasteiger partial charge is 0.467 e. The van der Waals surface area contributed by atoms with E-state index in [1.54, 1.807) is 37.3 Å². The monoisotopic (exact) mass is 438 g/mol. The minimum atomic E-state index is -0.468.